The van der Waals surface area contributed by atoms with E-state index in [0.29, 0.717) is 0 Å². The Morgan fingerprint density at radius 2 is 1.00 bits per heavy atom. The van der Waals surface area contributed by atoms with Gasteiger partial charge in [-0.05, 0) is 71.1 Å². The van der Waals surface area contributed by atoms with E-state index in [1.165, 1.54) is 20.2 Å². The van der Waals surface area contributed by atoms with Crippen LogP contribution >= 0.6 is 11.3 Å². The number of fused-ring (bicyclic) bond motifs is 12. The summed E-state index contributed by atoms with van der Waals surface area (Å²) in [5.41, 5.74) is 11.4. The Hall–Kier alpha value is -7.14. The number of benzene rings is 9. The summed E-state index contributed by atoms with van der Waals surface area (Å²) in [4.78, 5) is 2.43. The molecule has 3 nitrogen and oxygen atoms in total. The van der Waals surface area contributed by atoms with Crippen molar-refractivity contribution >= 4 is 103 Å². The van der Waals surface area contributed by atoms with Gasteiger partial charge in [-0.25, -0.2) is 0 Å². The van der Waals surface area contributed by atoms with Crippen LogP contribution in [0.15, 0.2) is 197 Å². The molecule has 3 heterocycles. The highest BCUT2D eigenvalue weighted by Gasteiger charge is 2.24. The van der Waals surface area contributed by atoms with E-state index in [-0.39, 0.29) is 0 Å². The van der Waals surface area contributed by atoms with Gasteiger partial charge >= 0.3 is 0 Å². The Balaban J connectivity index is 1.12. The predicted molar refractivity (Wildman–Crippen MR) is 237 cm³/mol. The van der Waals surface area contributed by atoms with Crippen molar-refractivity contribution in [3.05, 3.63) is 188 Å². The normalized spacial score (nSPS) is 11.9. The van der Waals surface area contributed by atoms with Gasteiger partial charge in [0.05, 0.1) is 11.4 Å². The van der Waals surface area contributed by atoms with Crippen LogP contribution in [0.5, 0.6) is 0 Å². The minimum absolute atomic E-state index is 0.901. The molecule has 0 unspecified atom stereocenters. The average molecular weight is 734 g/mol. The van der Waals surface area contributed by atoms with Crippen LogP contribution in [-0.2, 0) is 0 Å². The Morgan fingerprint density at radius 3 is 1.91 bits per heavy atom. The molecule has 0 N–H and O–H groups in total. The molecule has 3 aromatic heterocycles. The minimum atomic E-state index is 0.901. The van der Waals surface area contributed by atoms with Crippen molar-refractivity contribution in [2.24, 2.45) is 0 Å². The molecule has 56 heavy (non-hydrogen) atoms. The summed E-state index contributed by atoms with van der Waals surface area (Å²) in [6.45, 7) is 0. The molecule has 0 saturated heterocycles. The second kappa shape index (κ2) is 12.2. The van der Waals surface area contributed by atoms with E-state index in [4.69, 9.17) is 8.83 Å². The second-order valence-electron chi connectivity index (χ2n) is 14.4. The van der Waals surface area contributed by atoms with Crippen LogP contribution in [-0.4, -0.2) is 0 Å². The molecule has 4 heteroatoms. The molecule has 0 saturated carbocycles. The van der Waals surface area contributed by atoms with Crippen molar-refractivity contribution in [1.29, 1.82) is 0 Å². The van der Waals surface area contributed by atoms with Gasteiger partial charge in [-0.3, -0.25) is 0 Å². The molecule has 0 aliphatic carbocycles. The smallest absolute Gasteiger partial charge is 0.144 e. The van der Waals surface area contributed by atoms with Crippen molar-refractivity contribution < 1.29 is 8.83 Å². The van der Waals surface area contributed by atoms with E-state index in [1.54, 1.807) is 0 Å². The number of hydrogen-bond acceptors (Lipinski definition) is 4. The van der Waals surface area contributed by atoms with Crippen LogP contribution in [0.4, 0.5) is 17.1 Å². The lowest BCUT2D eigenvalue weighted by Gasteiger charge is -2.29. The number of nitrogens with zero attached hydrogens (tertiary/aromatic N) is 1. The molecule has 0 amide bonds. The molecule has 262 valence electrons. The fourth-order valence-electron chi connectivity index (χ4n) is 8.74. The average Bonchev–Trinajstić information content (AvgIpc) is 3.96. The maximum atomic E-state index is 6.99. The number of rotatable bonds is 5. The highest BCUT2D eigenvalue weighted by atomic mass is 32.1. The summed E-state index contributed by atoms with van der Waals surface area (Å²) in [5, 5.41) is 9.16. The number of hydrogen-bond donors (Lipinski definition) is 0. The molecular weight excluding hydrogens is 703 g/mol. The third kappa shape index (κ3) is 4.63. The highest BCUT2D eigenvalue weighted by Crippen LogP contribution is 2.50. The van der Waals surface area contributed by atoms with Gasteiger partial charge in [-0.2, -0.15) is 0 Å². The zero-order valence-corrected chi connectivity index (χ0v) is 30.9. The summed E-state index contributed by atoms with van der Waals surface area (Å²) >= 11 is 1.82. The Kier molecular flexibility index (Phi) is 6.80. The number of anilines is 3. The molecule has 12 aromatic rings. The van der Waals surface area contributed by atoms with Gasteiger partial charge in [0.2, 0.25) is 0 Å². The molecule has 12 rings (SSSR count). The Bertz CT molecular complexity index is 3480. The van der Waals surface area contributed by atoms with Crippen LogP contribution in [0.3, 0.4) is 0 Å². The quantitative estimate of drug-likeness (QED) is 0.176. The largest absolute Gasteiger partial charge is 0.455 e. The van der Waals surface area contributed by atoms with Crippen LogP contribution in [0, 0.1) is 0 Å². The summed E-state index contributed by atoms with van der Waals surface area (Å²) in [6.07, 6.45) is 0. The lowest BCUT2D eigenvalue weighted by atomic mass is 9.99. The van der Waals surface area contributed by atoms with Gasteiger partial charge in [0.15, 0.2) is 0 Å². The van der Waals surface area contributed by atoms with Crippen molar-refractivity contribution in [3.8, 4) is 22.3 Å². The first-order chi connectivity index (χ1) is 27.8. The summed E-state index contributed by atoms with van der Waals surface area (Å²) in [6, 6.07) is 67.1. The van der Waals surface area contributed by atoms with E-state index in [1.807, 2.05) is 23.5 Å². The molecule has 9 aromatic carbocycles. The van der Waals surface area contributed by atoms with Gasteiger partial charge < -0.3 is 13.7 Å². The van der Waals surface area contributed by atoms with Crippen LogP contribution in [0.1, 0.15) is 0 Å². The Morgan fingerprint density at radius 1 is 0.357 bits per heavy atom. The van der Waals surface area contributed by atoms with E-state index >= 15 is 0 Å². The highest BCUT2D eigenvalue weighted by molar-refractivity contribution is 7.26. The first-order valence-electron chi connectivity index (χ1n) is 18.9. The lowest BCUT2D eigenvalue weighted by molar-refractivity contribution is 0.670. The molecule has 0 aliphatic rings. The number of furan rings is 2. The molecule has 0 atom stereocenters. The SMILES string of the molecule is c1ccc(-c2ccccc2N(c2ccc(-c3cccc4c3oc3ccccc34)cc2)c2cccc3sc4ccc5c6ccc7ccccc7c6oc5c4c23)cc1. The van der Waals surface area contributed by atoms with Gasteiger partial charge in [-0.15, -0.1) is 11.3 Å². The van der Waals surface area contributed by atoms with Gasteiger partial charge in [0.1, 0.15) is 22.3 Å². The first kappa shape index (κ1) is 31.2. The molecule has 0 fully saturated rings. The molecule has 0 spiro atoms. The van der Waals surface area contributed by atoms with E-state index in [0.717, 1.165) is 94.0 Å². The maximum absolute atomic E-state index is 6.99. The standard InChI is InChI=1S/C52H31NO2S/c1-2-12-32(13-3-1)36-15-6-8-20-43(36)53(35-27-24-34(25-28-35)38-18-10-19-40-39-17-7-9-22-45(39)54-50(38)40)44-21-11-23-46-48(44)49-47(56-46)31-30-42-41-29-26-33-14-4-5-16-37(33)51(41)55-52(42)49/h1-31H. The second-order valence-corrected chi connectivity index (χ2v) is 15.5. The number of thiophene rings is 1. The third-order valence-electron chi connectivity index (χ3n) is 11.3. The topological polar surface area (TPSA) is 29.5 Å². The van der Waals surface area contributed by atoms with Crippen molar-refractivity contribution in [2.75, 3.05) is 4.90 Å². The molecule has 0 aliphatic heterocycles. The van der Waals surface area contributed by atoms with Gasteiger partial charge in [0, 0.05) is 63.9 Å². The monoisotopic (exact) mass is 733 g/mol. The summed E-state index contributed by atoms with van der Waals surface area (Å²) < 4.78 is 15.9. The van der Waals surface area contributed by atoms with Crippen molar-refractivity contribution in [1.82, 2.24) is 0 Å². The van der Waals surface area contributed by atoms with Crippen LogP contribution in [0.2, 0.25) is 0 Å². The zero-order chi connectivity index (χ0) is 36.7. The first-order valence-corrected chi connectivity index (χ1v) is 19.7. The van der Waals surface area contributed by atoms with Gasteiger partial charge in [0.25, 0.3) is 0 Å². The lowest BCUT2D eigenvalue weighted by Crippen LogP contribution is -2.11. The molecular formula is C52H31NO2S. The maximum Gasteiger partial charge on any atom is 0.144 e. The molecule has 0 bridgehead atoms. The van der Waals surface area contributed by atoms with Gasteiger partial charge in [-0.1, -0.05) is 133 Å². The summed E-state index contributed by atoms with van der Waals surface area (Å²) in [7, 11) is 0. The third-order valence-corrected chi connectivity index (χ3v) is 12.4. The van der Waals surface area contributed by atoms with Crippen molar-refractivity contribution in [2.45, 2.75) is 0 Å². The fraction of sp³-hybridized carbons (Fsp3) is 0. The Labute approximate surface area is 325 Å². The summed E-state index contributed by atoms with van der Waals surface area (Å²) in [5.74, 6) is 0. The minimum Gasteiger partial charge on any atom is -0.455 e. The van der Waals surface area contributed by atoms with E-state index in [2.05, 4.69) is 181 Å². The van der Waals surface area contributed by atoms with Crippen LogP contribution < -0.4 is 4.90 Å². The van der Waals surface area contributed by atoms with Crippen LogP contribution in [0.25, 0.3) is 97.1 Å². The van der Waals surface area contributed by atoms with E-state index in [9.17, 15) is 0 Å². The zero-order valence-electron chi connectivity index (χ0n) is 30.1. The fourth-order valence-corrected chi connectivity index (χ4v) is 9.86. The van der Waals surface area contributed by atoms with E-state index < -0.39 is 0 Å². The number of para-hydroxylation sites is 3. The van der Waals surface area contributed by atoms with Crippen molar-refractivity contribution in [3.63, 3.8) is 0 Å². The molecule has 0 radical (unpaired) electrons. The predicted octanol–water partition coefficient (Wildman–Crippen LogP) is 15.8.